The minimum absolute atomic E-state index is 0.0321. The van der Waals surface area contributed by atoms with E-state index in [0.29, 0.717) is 23.9 Å². The minimum atomic E-state index is -4.37. The van der Waals surface area contributed by atoms with Crippen molar-refractivity contribution >= 4 is 19.8 Å². The van der Waals surface area contributed by atoms with Crippen LogP contribution in [0.5, 0.6) is 0 Å². The Balaban J connectivity index is 4.29. The van der Waals surface area contributed by atoms with Crippen LogP contribution in [-0.2, 0) is 32.7 Å². The van der Waals surface area contributed by atoms with E-state index in [1.807, 2.05) is 21.1 Å². The molecule has 0 fully saturated rings. The number of phosphoric ester groups is 1. The van der Waals surface area contributed by atoms with Gasteiger partial charge in [-0.3, -0.25) is 18.6 Å². The molecular weight excluding hydrogens is 713 g/mol. The lowest BCUT2D eigenvalue weighted by Crippen LogP contribution is -2.37. The molecule has 0 radical (unpaired) electrons. The van der Waals surface area contributed by atoms with E-state index >= 15 is 0 Å². The van der Waals surface area contributed by atoms with Crippen LogP contribution in [0, 0.1) is 0 Å². The van der Waals surface area contributed by atoms with Crippen LogP contribution in [0.2, 0.25) is 0 Å². The van der Waals surface area contributed by atoms with Gasteiger partial charge in [0, 0.05) is 12.8 Å². The molecule has 0 rings (SSSR count). The Kier molecular flexibility index (Phi) is 37.4. The van der Waals surface area contributed by atoms with Gasteiger partial charge in [-0.05, 0) is 38.5 Å². The molecule has 0 aliphatic rings. The second-order valence-electron chi connectivity index (χ2n) is 16.8. The zero-order valence-corrected chi connectivity index (χ0v) is 37.6. The number of rotatable bonds is 42. The molecule has 0 spiro atoms. The maximum absolute atomic E-state index is 12.7. The lowest BCUT2D eigenvalue weighted by molar-refractivity contribution is -0.870. The van der Waals surface area contributed by atoms with Crippen LogP contribution in [0.15, 0.2) is 12.2 Å². The molecular formula is C45H89NO8P+. The van der Waals surface area contributed by atoms with E-state index in [-0.39, 0.29) is 25.6 Å². The number of hydrogen-bond acceptors (Lipinski definition) is 7. The number of carbonyl (C=O) groups excluding carboxylic acids is 2. The van der Waals surface area contributed by atoms with Crippen molar-refractivity contribution < 1.29 is 42.1 Å². The summed E-state index contributed by atoms with van der Waals surface area (Å²) in [5.41, 5.74) is 0. The lowest BCUT2D eigenvalue weighted by atomic mass is 10.0. The Morgan fingerprint density at radius 3 is 1.36 bits per heavy atom. The third kappa shape index (κ3) is 42.2. The molecule has 10 heteroatoms. The van der Waals surface area contributed by atoms with Crippen molar-refractivity contribution in [2.45, 2.75) is 219 Å². The molecule has 9 nitrogen and oxygen atoms in total. The molecule has 0 aliphatic heterocycles. The average molecular weight is 803 g/mol. The standard InChI is InChI=1S/C45H88NO8P/c1-6-8-10-12-14-16-18-20-21-22-23-24-26-27-29-31-33-35-37-44(47)51-41-43(42-53-55(49,50)52-40-39-46(3,4)5)54-45(48)38-36-34-32-30-28-25-19-17-15-13-11-9-7-2/h25,28,43H,6-24,26-27,29-42H2,1-5H3/p+1/b28-25+/t43-/m0/s1. The first kappa shape index (κ1) is 53.8. The topological polar surface area (TPSA) is 108 Å². The van der Waals surface area contributed by atoms with Crippen molar-refractivity contribution in [1.29, 1.82) is 0 Å². The first-order valence-corrected chi connectivity index (χ1v) is 24.4. The Morgan fingerprint density at radius 1 is 0.545 bits per heavy atom. The maximum atomic E-state index is 12.7. The van der Waals surface area contributed by atoms with Gasteiger partial charge in [-0.2, -0.15) is 0 Å². The monoisotopic (exact) mass is 803 g/mol. The zero-order chi connectivity index (χ0) is 40.7. The summed E-state index contributed by atoms with van der Waals surface area (Å²) in [4.78, 5) is 35.4. The minimum Gasteiger partial charge on any atom is -0.462 e. The van der Waals surface area contributed by atoms with Crippen LogP contribution in [-0.4, -0.2) is 74.9 Å². The Bertz CT molecular complexity index is 954. The van der Waals surface area contributed by atoms with Crippen molar-refractivity contribution in [1.82, 2.24) is 0 Å². The van der Waals surface area contributed by atoms with Gasteiger partial charge in [0.1, 0.15) is 19.8 Å². The molecule has 0 aromatic carbocycles. The van der Waals surface area contributed by atoms with Gasteiger partial charge in [0.15, 0.2) is 6.10 Å². The van der Waals surface area contributed by atoms with Gasteiger partial charge in [-0.25, -0.2) is 4.57 Å². The van der Waals surface area contributed by atoms with Gasteiger partial charge in [0.2, 0.25) is 0 Å². The van der Waals surface area contributed by atoms with E-state index in [1.165, 1.54) is 135 Å². The molecule has 1 unspecified atom stereocenters. The van der Waals surface area contributed by atoms with E-state index < -0.39 is 26.5 Å². The molecule has 55 heavy (non-hydrogen) atoms. The highest BCUT2D eigenvalue weighted by atomic mass is 31.2. The fourth-order valence-electron chi connectivity index (χ4n) is 6.42. The predicted octanol–water partition coefficient (Wildman–Crippen LogP) is 13.0. The number of likely N-dealkylation sites (N-methyl/N-ethyl adjacent to an activating group) is 1. The number of hydrogen-bond donors (Lipinski definition) is 1. The number of carbonyl (C=O) groups is 2. The second-order valence-corrected chi connectivity index (χ2v) is 18.2. The van der Waals surface area contributed by atoms with Gasteiger partial charge in [-0.15, -0.1) is 0 Å². The fourth-order valence-corrected chi connectivity index (χ4v) is 7.16. The van der Waals surface area contributed by atoms with Crippen LogP contribution < -0.4 is 0 Å². The summed E-state index contributed by atoms with van der Waals surface area (Å²) in [7, 11) is 1.48. The summed E-state index contributed by atoms with van der Waals surface area (Å²) in [6.07, 6.45) is 39.7. The number of esters is 2. The van der Waals surface area contributed by atoms with E-state index in [1.54, 1.807) is 0 Å². The quantitative estimate of drug-likeness (QED) is 0.0214. The summed E-state index contributed by atoms with van der Waals surface area (Å²) < 4.78 is 34.3. The van der Waals surface area contributed by atoms with Crippen LogP contribution in [0.1, 0.15) is 213 Å². The first-order valence-electron chi connectivity index (χ1n) is 22.9. The normalized spacial score (nSPS) is 13.6. The summed E-state index contributed by atoms with van der Waals surface area (Å²) in [5.74, 6) is -0.807. The van der Waals surface area contributed by atoms with Gasteiger partial charge in [0.25, 0.3) is 0 Å². The summed E-state index contributed by atoms with van der Waals surface area (Å²) in [5, 5.41) is 0. The number of ether oxygens (including phenoxy) is 2. The summed E-state index contributed by atoms with van der Waals surface area (Å²) >= 11 is 0. The van der Waals surface area contributed by atoms with Crippen molar-refractivity contribution in [3.63, 3.8) is 0 Å². The number of allylic oxidation sites excluding steroid dienone is 2. The number of phosphoric acid groups is 1. The van der Waals surface area contributed by atoms with Crippen LogP contribution in [0.3, 0.4) is 0 Å². The molecule has 0 aromatic heterocycles. The molecule has 0 aliphatic carbocycles. The van der Waals surface area contributed by atoms with Crippen molar-refractivity contribution in [2.75, 3.05) is 47.5 Å². The highest BCUT2D eigenvalue weighted by molar-refractivity contribution is 7.47. The van der Waals surface area contributed by atoms with Gasteiger partial charge in [-0.1, -0.05) is 174 Å². The van der Waals surface area contributed by atoms with Gasteiger partial charge < -0.3 is 18.9 Å². The lowest BCUT2D eigenvalue weighted by Gasteiger charge is -2.24. The average Bonchev–Trinajstić information content (AvgIpc) is 3.13. The first-order chi connectivity index (χ1) is 26.5. The Morgan fingerprint density at radius 2 is 0.927 bits per heavy atom. The predicted molar refractivity (Wildman–Crippen MR) is 229 cm³/mol. The molecule has 0 saturated carbocycles. The molecule has 0 amide bonds. The van der Waals surface area contributed by atoms with Crippen molar-refractivity contribution in [3.05, 3.63) is 12.2 Å². The van der Waals surface area contributed by atoms with E-state index in [0.717, 1.165) is 44.9 Å². The SMILES string of the molecule is CCCCCCCC/C=C/CCCCCC(=O)O[C@@H](COC(=O)CCCCCCCCCCCCCCCCCCCC)COP(=O)(O)OCC[N+](C)(C)C. The van der Waals surface area contributed by atoms with Gasteiger partial charge in [0.05, 0.1) is 27.7 Å². The summed E-state index contributed by atoms with van der Waals surface area (Å²) in [6.45, 7) is 4.42. The fraction of sp³-hybridized carbons (Fsp3) is 0.911. The second kappa shape index (κ2) is 38.3. The molecule has 0 saturated heterocycles. The van der Waals surface area contributed by atoms with Crippen LogP contribution >= 0.6 is 7.82 Å². The smallest absolute Gasteiger partial charge is 0.462 e. The Labute approximate surface area is 339 Å². The third-order valence-electron chi connectivity index (χ3n) is 10.0. The molecule has 0 bridgehead atoms. The maximum Gasteiger partial charge on any atom is 0.472 e. The van der Waals surface area contributed by atoms with Crippen molar-refractivity contribution in [3.8, 4) is 0 Å². The molecule has 0 heterocycles. The highest BCUT2D eigenvalue weighted by Gasteiger charge is 2.27. The largest absolute Gasteiger partial charge is 0.472 e. The van der Waals surface area contributed by atoms with Crippen LogP contribution in [0.4, 0.5) is 0 Å². The third-order valence-corrected chi connectivity index (χ3v) is 11.0. The Hall–Kier alpha value is -1.25. The number of unbranched alkanes of at least 4 members (excludes halogenated alkanes) is 26. The number of quaternary nitrogens is 1. The number of nitrogens with zero attached hydrogens (tertiary/aromatic N) is 1. The summed E-state index contributed by atoms with van der Waals surface area (Å²) in [6, 6.07) is 0. The molecule has 326 valence electrons. The molecule has 2 atom stereocenters. The van der Waals surface area contributed by atoms with Crippen molar-refractivity contribution in [2.24, 2.45) is 0 Å². The zero-order valence-electron chi connectivity index (χ0n) is 36.7. The highest BCUT2D eigenvalue weighted by Crippen LogP contribution is 2.43. The van der Waals surface area contributed by atoms with E-state index in [4.69, 9.17) is 18.5 Å². The van der Waals surface area contributed by atoms with E-state index in [2.05, 4.69) is 26.0 Å². The van der Waals surface area contributed by atoms with Gasteiger partial charge >= 0.3 is 19.8 Å². The molecule has 0 aromatic rings. The van der Waals surface area contributed by atoms with E-state index in [9.17, 15) is 19.0 Å². The van der Waals surface area contributed by atoms with Crippen LogP contribution in [0.25, 0.3) is 0 Å². The molecule has 1 N–H and O–H groups in total.